The molecule has 1 aliphatic rings. The summed E-state index contributed by atoms with van der Waals surface area (Å²) in [6.45, 7) is 4.52. The number of aryl methyl sites for hydroxylation is 1. The van der Waals surface area contributed by atoms with Gasteiger partial charge in [-0.1, -0.05) is 12.1 Å². The molecule has 0 saturated carbocycles. The fourth-order valence-electron chi connectivity index (χ4n) is 3.26. The number of fused-ring (bicyclic) bond motifs is 1. The lowest BCUT2D eigenvalue weighted by atomic mass is 10.2. The van der Waals surface area contributed by atoms with Gasteiger partial charge in [0.2, 0.25) is 0 Å². The van der Waals surface area contributed by atoms with Gasteiger partial charge in [-0.15, -0.1) is 0 Å². The van der Waals surface area contributed by atoms with E-state index in [4.69, 9.17) is 9.15 Å². The predicted molar refractivity (Wildman–Crippen MR) is 91.2 cm³/mol. The van der Waals surface area contributed by atoms with Gasteiger partial charge in [-0.05, 0) is 24.6 Å². The number of hydrogen-bond donors (Lipinski definition) is 0. The fraction of sp³-hybridized carbons (Fsp3) is 0.316. The topological polar surface area (TPSA) is 47.6 Å². The Morgan fingerprint density at radius 1 is 1.20 bits per heavy atom. The number of rotatable bonds is 3. The quantitative estimate of drug-likeness (QED) is 0.734. The Labute approximate surface area is 144 Å². The van der Waals surface area contributed by atoms with Crippen LogP contribution in [0.15, 0.2) is 40.8 Å². The Kier molecular flexibility index (Phi) is 4.05. The average Bonchev–Trinajstić information content (AvgIpc) is 3.12. The second-order valence-electron chi connectivity index (χ2n) is 6.26. The third-order valence-corrected chi connectivity index (χ3v) is 4.46. The van der Waals surface area contributed by atoms with Crippen molar-refractivity contribution in [3.63, 3.8) is 0 Å². The Balaban J connectivity index is 1.75. The number of amides is 1. The van der Waals surface area contributed by atoms with Crippen LogP contribution < -0.4 is 0 Å². The molecule has 0 unspecified atom stereocenters. The van der Waals surface area contributed by atoms with Crippen LogP contribution in [0.1, 0.15) is 21.8 Å². The Morgan fingerprint density at radius 3 is 2.76 bits per heavy atom. The molecule has 3 heterocycles. The molecule has 4 rings (SSSR count). The van der Waals surface area contributed by atoms with Crippen molar-refractivity contribution in [1.29, 1.82) is 0 Å². The molecule has 3 aromatic rings. The lowest BCUT2D eigenvalue weighted by Crippen LogP contribution is -2.41. The van der Waals surface area contributed by atoms with E-state index in [1.807, 2.05) is 23.6 Å². The number of halogens is 1. The van der Waals surface area contributed by atoms with Crippen molar-refractivity contribution in [2.24, 2.45) is 0 Å². The second-order valence-corrected chi connectivity index (χ2v) is 6.26. The molecule has 0 N–H and O–H groups in total. The van der Waals surface area contributed by atoms with Crippen LogP contribution in [-0.2, 0) is 11.3 Å². The molecule has 0 atom stereocenters. The second kappa shape index (κ2) is 6.37. The van der Waals surface area contributed by atoms with Gasteiger partial charge in [-0.3, -0.25) is 4.79 Å². The van der Waals surface area contributed by atoms with E-state index < -0.39 is 0 Å². The van der Waals surface area contributed by atoms with Gasteiger partial charge in [-0.25, -0.2) is 4.39 Å². The predicted octanol–water partition coefficient (Wildman–Crippen LogP) is 3.20. The fourth-order valence-corrected chi connectivity index (χ4v) is 3.26. The van der Waals surface area contributed by atoms with Crippen molar-refractivity contribution in [2.75, 3.05) is 26.3 Å². The highest BCUT2D eigenvalue weighted by molar-refractivity contribution is 5.97. The molecule has 1 amide bonds. The van der Waals surface area contributed by atoms with Crippen LogP contribution in [0, 0.1) is 12.7 Å². The van der Waals surface area contributed by atoms with E-state index in [2.05, 4.69) is 0 Å². The van der Waals surface area contributed by atoms with Gasteiger partial charge in [0.05, 0.1) is 18.7 Å². The number of carbonyl (C=O) groups excluding carboxylic acids is 1. The molecule has 0 aliphatic carbocycles. The van der Waals surface area contributed by atoms with E-state index in [1.165, 1.54) is 12.1 Å². The first-order valence-corrected chi connectivity index (χ1v) is 8.33. The summed E-state index contributed by atoms with van der Waals surface area (Å²) in [7, 11) is 0. The number of furan rings is 1. The van der Waals surface area contributed by atoms with Crippen molar-refractivity contribution in [3.05, 3.63) is 59.2 Å². The lowest BCUT2D eigenvalue weighted by molar-refractivity contribution is 0.0296. The maximum Gasteiger partial charge on any atom is 0.270 e. The average molecular weight is 342 g/mol. The zero-order chi connectivity index (χ0) is 17.4. The Bertz CT molecular complexity index is 922. The van der Waals surface area contributed by atoms with Crippen LogP contribution in [0.2, 0.25) is 0 Å². The summed E-state index contributed by atoms with van der Waals surface area (Å²) in [6.07, 6.45) is 0. The first kappa shape index (κ1) is 15.9. The zero-order valence-electron chi connectivity index (χ0n) is 14.0. The van der Waals surface area contributed by atoms with Crippen LogP contribution in [0.3, 0.4) is 0 Å². The highest BCUT2D eigenvalue weighted by Gasteiger charge is 2.24. The molecule has 25 heavy (non-hydrogen) atoms. The molecule has 0 bridgehead atoms. The van der Waals surface area contributed by atoms with Crippen molar-refractivity contribution >= 4 is 17.0 Å². The summed E-state index contributed by atoms with van der Waals surface area (Å²) in [5.41, 5.74) is 2.87. The largest absolute Gasteiger partial charge is 0.460 e. The van der Waals surface area contributed by atoms with Gasteiger partial charge >= 0.3 is 0 Å². The Morgan fingerprint density at radius 2 is 2.00 bits per heavy atom. The molecule has 2 aromatic heterocycles. The van der Waals surface area contributed by atoms with E-state index in [0.29, 0.717) is 44.1 Å². The number of hydrogen-bond acceptors (Lipinski definition) is 3. The molecular formula is C19H19FN2O3. The van der Waals surface area contributed by atoms with Gasteiger partial charge in [0.15, 0.2) is 5.58 Å². The van der Waals surface area contributed by atoms with Crippen LogP contribution in [0.25, 0.3) is 11.1 Å². The third-order valence-electron chi connectivity index (χ3n) is 4.46. The van der Waals surface area contributed by atoms with Gasteiger partial charge in [-0.2, -0.15) is 0 Å². The van der Waals surface area contributed by atoms with Gasteiger partial charge in [0.25, 0.3) is 5.91 Å². The minimum absolute atomic E-state index is 0.0521. The number of nitrogens with zero attached hydrogens (tertiary/aromatic N) is 2. The van der Waals surface area contributed by atoms with Crippen LogP contribution in [0.5, 0.6) is 0 Å². The summed E-state index contributed by atoms with van der Waals surface area (Å²) in [6, 6.07) is 10.1. The summed E-state index contributed by atoms with van der Waals surface area (Å²) in [5, 5.41) is 0. The maximum atomic E-state index is 13.5. The Hall–Kier alpha value is -2.60. The van der Waals surface area contributed by atoms with Gasteiger partial charge in [0.1, 0.15) is 17.3 Å². The standard InChI is InChI=1S/C19H19FN2O3/c1-13-9-16-18(25-13)11-17(19(23)21-5-7-24-8-6-21)22(16)12-14-3-2-4-15(20)10-14/h2-4,9-11H,5-8,12H2,1H3. The van der Waals surface area contributed by atoms with Crippen LogP contribution >= 0.6 is 0 Å². The normalized spacial score (nSPS) is 15.0. The van der Waals surface area contributed by atoms with E-state index >= 15 is 0 Å². The number of ether oxygens (including phenoxy) is 1. The highest BCUT2D eigenvalue weighted by Crippen LogP contribution is 2.26. The van der Waals surface area contributed by atoms with Crippen LogP contribution in [0.4, 0.5) is 4.39 Å². The first-order valence-electron chi connectivity index (χ1n) is 8.33. The van der Waals surface area contributed by atoms with E-state index in [1.54, 1.807) is 17.0 Å². The summed E-state index contributed by atoms with van der Waals surface area (Å²) >= 11 is 0. The summed E-state index contributed by atoms with van der Waals surface area (Å²) < 4.78 is 26.5. The minimum Gasteiger partial charge on any atom is -0.460 e. The minimum atomic E-state index is -0.287. The number of benzene rings is 1. The summed E-state index contributed by atoms with van der Waals surface area (Å²) in [4.78, 5) is 14.7. The molecule has 130 valence electrons. The summed E-state index contributed by atoms with van der Waals surface area (Å²) in [5.74, 6) is 0.442. The zero-order valence-corrected chi connectivity index (χ0v) is 14.0. The monoisotopic (exact) mass is 342 g/mol. The molecule has 1 saturated heterocycles. The van der Waals surface area contributed by atoms with Crippen molar-refractivity contribution < 1.29 is 18.3 Å². The van der Waals surface area contributed by atoms with Crippen molar-refractivity contribution in [1.82, 2.24) is 9.47 Å². The van der Waals surface area contributed by atoms with E-state index in [9.17, 15) is 9.18 Å². The molecular weight excluding hydrogens is 323 g/mol. The molecule has 1 fully saturated rings. The lowest BCUT2D eigenvalue weighted by Gasteiger charge is -2.27. The SMILES string of the molecule is Cc1cc2c(cc(C(=O)N3CCOCC3)n2Cc2cccc(F)c2)o1. The molecule has 1 aliphatic heterocycles. The van der Waals surface area contributed by atoms with Crippen LogP contribution in [-0.4, -0.2) is 41.7 Å². The first-order chi connectivity index (χ1) is 12.1. The maximum absolute atomic E-state index is 13.5. The van der Waals surface area contributed by atoms with E-state index in [0.717, 1.165) is 16.8 Å². The van der Waals surface area contributed by atoms with Crippen molar-refractivity contribution in [2.45, 2.75) is 13.5 Å². The van der Waals surface area contributed by atoms with Gasteiger partial charge in [0, 0.05) is 31.8 Å². The smallest absolute Gasteiger partial charge is 0.270 e. The number of morpholine rings is 1. The highest BCUT2D eigenvalue weighted by atomic mass is 19.1. The molecule has 0 spiro atoms. The third kappa shape index (κ3) is 3.05. The van der Waals surface area contributed by atoms with Crippen molar-refractivity contribution in [3.8, 4) is 0 Å². The van der Waals surface area contributed by atoms with Gasteiger partial charge < -0.3 is 18.6 Å². The molecule has 0 radical (unpaired) electrons. The van der Waals surface area contributed by atoms with E-state index in [-0.39, 0.29) is 11.7 Å². The number of carbonyl (C=O) groups is 1. The molecule has 6 heteroatoms. The molecule has 1 aromatic carbocycles. The molecule has 5 nitrogen and oxygen atoms in total. The number of aromatic nitrogens is 1.